The minimum Gasteiger partial charge on any atom is -0.398 e. The third-order valence-corrected chi connectivity index (χ3v) is 4.02. The van der Waals surface area contributed by atoms with Crippen molar-refractivity contribution in [3.05, 3.63) is 83.4 Å². The lowest BCUT2D eigenvalue weighted by Crippen LogP contribution is -2.00. The maximum atomic E-state index is 12.7. The van der Waals surface area contributed by atoms with Gasteiger partial charge in [0.1, 0.15) is 0 Å². The molecule has 0 spiro atoms. The number of carbonyl (C=O) groups is 1. The molecule has 2 heteroatoms. The summed E-state index contributed by atoms with van der Waals surface area (Å²) >= 11 is 0. The second-order valence-corrected chi connectivity index (χ2v) is 5.19. The number of nitrogens with two attached hydrogens (primary N) is 1. The van der Waals surface area contributed by atoms with Gasteiger partial charge in [0.15, 0.2) is 5.78 Å². The molecule has 3 aromatic carbocycles. The van der Waals surface area contributed by atoms with Crippen LogP contribution in [0.1, 0.15) is 21.5 Å². The molecule has 0 radical (unpaired) electrons. The maximum absolute atomic E-state index is 12.7. The number of allylic oxidation sites excluding steroid dienone is 1. The lowest BCUT2D eigenvalue weighted by atomic mass is 9.96. The fraction of sp³-hybridized carbons (Fsp3) is 0. The van der Waals surface area contributed by atoms with Gasteiger partial charge in [-0.05, 0) is 16.3 Å². The van der Waals surface area contributed by atoms with E-state index in [9.17, 15) is 4.79 Å². The van der Waals surface area contributed by atoms with Gasteiger partial charge in [-0.2, -0.15) is 0 Å². The van der Waals surface area contributed by atoms with Gasteiger partial charge < -0.3 is 5.73 Å². The summed E-state index contributed by atoms with van der Waals surface area (Å²) in [5, 5.41) is 2.16. The van der Waals surface area contributed by atoms with Crippen LogP contribution in [0.2, 0.25) is 0 Å². The number of ketones is 1. The minimum atomic E-state index is 0.0134. The summed E-state index contributed by atoms with van der Waals surface area (Å²) in [6, 6.07) is 21.5. The van der Waals surface area contributed by atoms with Gasteiger partial charge >= 0.3 is 0 Å². The van der Waals surface area contributed by atoms with Gasteiger partial charge in [-0.15, -0.1) is 0 Å². The van der Waals surface area contributed by atoms with E-state index in [1.807, 2.05) is 66.7 Å². The summed E-state index contributed by atoms with van der Waals surface area (Å²) in [6.45, 7) is 0. The number of benzene rings is 3. The third kappa shape index (κ3) is 1.62. The molecule has 0 saturated heterocycles. The van der Waals surface area contributed by atoms with Crippen LogP contribution >= 0.6 is 0 Å². The maximum Gasteiger partial charge on any atom is 0.196 e. The van der Waals surface area contributed by atoms with Crippen molar-refractivity contribution < 1.29 is 4.79 Å². The summed E-state index contributed by atoms with van der Waals surface area (Å²) in [5.74, 6) is 0.0134. The van der Waals surface area contributed by atoms with Gasteiger partial charge in [-0.3, -0.25) is 4.79 Å². The Balaban J connectivity index is 2.03. The quantitative estimate of drug-likeness (QED) is 0.730. The molecule has 0 fully saturated rings. The zero-order valence-electron chi connectivity index (χ0n) is 11.3. The fourth-order valence-corrected chi connectivity index (χ4v) is 3.02. The van der Waals surface area contributed by atoms with Crippen LogP contribution in [0.25, 0.3) is 22.0 Å². The van der Waals surface area contributed by atoms with Crippen molar-refractivity contribution in [2.24, 2.45) is 5.73 Å². The molecule has 0 bridgehead atoms. The molecule has 21 heavy (non-hydrogen) atoms. The number of hydrogen-bond acceptors (Lipinski definition) is 2. The second-order valence-electron chi connectivity index (χ2n) is 5.19. The van der Waals surface area contributed by atoms with Gasteiger partial charge in [-0.1, -0.05) is 66.7 Å². The third-order valence-electron chi connectivity index (χ3n) is 4.02. The molecule has 0 saturated carbocycles. The zero-order chi connectivity index (χ0) is 14.4. The lowest BCUT2D eigenvalue weighted by Gasteiger charge is -2.08. The number of fused-ring (bicyclic) bond motifs is 2. The molecule has 0 atom stereocenters. The van der Waals surface area contributed by atoms with E-state index in [-0.39, 0.29) is 5.78 Å². The Hall–Kier alpha value is -2.87. The predicted octanol–water partition coefficient (Wildman–Crippen LogP) is 3.86. The van der Waals surface area contributed by atoms with Crippen LogP contribution < -0.4 is 5.73 Å². The Bertz CT molecular complexity index is 916. The summed E-state index contributed by atoms with van der Waals surface area (Å²) in [4.78, 5) is 12.7. The van der Waals surface area contributed by atoms with Crippen LogP contribution in [-0.4, -0.2) is 5.78 Å². The molecule has 2 N–H and O–H groups in total. The molecule has 1 aliphatic rings. The lowest BCUT2D eigenvalue weighted by molar-refractivity contribution is 0.105. The van der Waals surface area contributed by atoms with E-state index >= 15 is 0 Å². The summed E-state index contributed by atoms with van der Waals surface area (Å²) in [6.07, 6.45) is 0. The first-order valence-electron chi connectivity index (χ1n) is 6.89. The highest BCUT2D eigenvalue weighted by Crippen LogP contribution is 2.37. The Kier molecular flexibility index (Phi) is 2.45. The average Bonchev–Trinajstić information content (AvgIpc) is 2.79. The SMILES string of the molecule is NC1=C(c2cccc3ccccc23)C(=O)c2ccccc21. The molecule has 0 amide bonds. The Labute approximate surface area is 122 Å². The Morgan fingerprint density at radius 3 is 2.10 bits per heavy atom. The molecule has 2 nitrogen and oxygen atoms in total. The van der Waals surface area contributed by atoms with Crippen LogP contribution in [0, 0.1) is 0 Å². The first-order chi connectivity index (χ1) is 10.3. The predicted molar refractivity (Wildman–Crippen MR) is 85.7 cm³/mol. The first-order valence-corrected chi connectivity index (χ1v) is 6.89. The largest absolute Gasteiger partial charge is 0.398 e. The number of hydrogen-bond donors (Lipinski definition) is 1. The number of carbonyl (C=O) groups excluding carboxylic acids is 1. The van der Waals surface area contributed by atoms with Crippen LogP contribution in [0.15, 0.2) is 66.7 Å². The Morgan fingerprint density at radius 2 is 1.29 bits per heavy atom. The van der Waals surface area contributed by atoms with E-state index in [1.165, 1.54) is 0 Å². The topological polar surface area (TPSA) is 43.1 Å². The van der Waals surface area contributed by atoms with E-state index in [4.69, 9.17) is 5.73 Å². The second kappa shape index (κ2) is 4.32. The highest BCUT2D eigenvalue weighted by Gasteiger charge is 2.29. The standard InChI is InChI=1S/C19H13NO/c20-18-15-9-3-4-10-16(15)19(21)17(18)14-11-5-7-12-6-1-2-8-13(12)14/h1-11H,20H2. The summed E-state index contributed by atoms with van der Waals surface area (Å²) in [5.41, 5.74) is 9.90. The van der Waals surface area contributed by atoms with Crippen molar-refractivity contribution in [1.82, 2.24) is 0 Å². The smallest absolute Gasteiger partial charge is 0.196 e. The molecule has 3 aromatic rings. The molecule has 0 aromatic heterocycles. The van der Waals surface area contributed by atoms with Crippen molar-refractivity contribution >= 4 is 27.8 Å². The molecule has 0 aliphatic heterocycles. The minimum absolute atomic E-state index is 0.0134. The van der Waals surface area contributed by atoms with E-state index in [1.54, 1.807) is 0 Å². The first kappa shape index (κ1) is 11.9. The van der Waals surface area contributed by atoms with Crippen molar-refractivity contribution in [1.29, 1.82) is 0 Å². The highest BCUT2D eigenvalue weighted by atomic mass is 16.1. The number of rotatable bonds is 1. The molecule has 0 heterocycles. The van der Waals surface area contributed by atoms with E-state index < -0.39 is 0 Å². The fourth-order valence-electron chi connectivity index (χ4n) is 3.02. The van der Waals surface area contributed by atoms with Crippen molar-refractivity contribution in [2.45, 2.75) is 0 Å². The van der Waals surface area contributed by atoms with Crippen LogP contribution in [0.3, 0.4) is 0 Å². The van der Waals surface area contributed by atoms with Gasteiger partial charge in [0.2, 0.25) is 0 Å². The highest BCUT2D eigenvalue weighted by molar-refractivity contribution is 6.40. The van der Waals surface area contributed by atoms with Gasteiger partial charge in [0.05, 0.1) is 11.3 Å². The summed E-state index contributed by atoms with van der Waals surface area (Å²) in [7, 11) is 0. The van der Waals surface area contributed by atoms with Crippen molar-refractivity contribution in [3.63, 3.8) is 0 Å². The summed E-state index contributed by atoms with van der Waals surface area (Å²) < 4.78 is 0. The van der Waals surface area contributed by atoms with E-state index in [0.717, 1.165) is 21.9 Å². The van der Waals surface area contributed by atoms with Gasteiger partial charge in [0, 0.05) is 11.1 Å². The molecule has 100 valence electrons. The molecule has 4 rings (SSSR count). The van der Waals surface area contributed by atoms with Gasteiger partial charge in [-0.25, -0.2) is 0 Å². The van der Waals surface area contributed by atoms with Crippen molar-refractivity contribution in [3.8, 4) is 0 Å². The van der Waals surface area contributed by atoms with Crippen molar-refractivity contribution in [2.75, 3.05) is 0 Å². The Morgan fingerprint density at radius 1 is 0.667 bits per heavy atom. The van der Waals surface area contributed by atoms with Crippen LogP contribution in [0.5, 0.6) is 0 Å². The van der Waals surface area contributed by atoms with Crippen LogP contribution in [-0.2, 0) is 0 Å². The zero-order valence-corrected chi connectivity index (χ0v) is 11.3. The molecular weight excluding hydrogens is 258 g/mol. The normalized spacial score (nSPS) is 13.8. The monoisotopic (exact) mass is 271 g/mol. The molecular formula is C19H13NO. The molecule has 1 aliphatic carbocycles. The molecule has 0 unspecified atom stereocenters. The number of Topliss-reactive ketones (excluding diaryl/α,β-unsaturated/α-hetero) is 1. The van der Waals surface area contributed by atoms with Crippen LogP contribution in [0.4, 0.5) is 0 Å². The average molecular weight is 271 g/mol. The van der Waals surface area contributed by atoms with E-state index in [2.05, 4.69) is 0 Å². The van der Waals surface area contributed by atoms with Gasteiger partial charge in [0.25, 0.3) is 0 Å². The van der Waals surface area contributed by atoms with E-state index in [0.29, 0.717) is 16.8 Å².